The van der Waals surface area contributed by atoms with Gasteiger partial charge in [0.05, 0.1) is 24.2 Å². The summed E-state index contributed by atoms with van der Waals surface area (Å²) in [6.07, 6.45) is 8.51. The molecule has 0 aliphatic heterocycles. The van der Waals surface area contributed by atoms with Crippen LogP contribution in [-0.2, 0) is 4.74 Å². The van der Waals surface area contributed by atoms with Crippen molar-refractivity contribution in [1.82, 2.24) is 4.98 Å². The minimum atomic E-state index is 0.0471. The van der Waals surface area contributed by atoms with Crippen LogP contribution in [0, 0.1) is 0 Å². The number of benzene rings is 1. The van der Waals surface area contributed by atoms with E-state index in [1.807, 2.05) is 18.2 Å². The quantitative estimate of drug-likeness (QED) is 0.616. The first kappa shape index (κ1) is 18.9. The fourth-order valence-corrected chi connectivity index (χ4v) is 3.33. The number of allylic oxidation sites excluding steroid dienone is 1. The van der Waals surface area contributed by atoms with Gasteiger partial charge in [0.25, 0.3) is 0 Å². The molecule has 0 atom stereocenters. The molecule has 5 heteroatoms. The second-order valence-electron chi connectivity index (χ2n) is 6.66. The van der Waals surface area contributed by atoms with E-state index in [0.29, 0.717) is 35.1 Å². The highest BCUT2D eigenvalue weighted by Gasteiger charge is 2.21. The third-order valence-corrected chi connectivity index (χ3v) is 4.82. The monoisotopic (exact) mass is 373 g/mol. The summed E-state index contributed by atoms with van der Waals surface area (Å²) in [6, 6.07) is 7.38. The Kier molecular flexibility index (Phi) is 6.64. The van der Waals surface area contributed by atoms with E-state index >= 15 is 0 Å². The number of aliphatic hydroxyl groups excluding tert-OH is 1. The molecule has 0 bridgehead atoms. The zero-order chi connectivity index (χ0) is 18.4. The Morgan fingerprint density at radius 3 is 2.65 bits per heavy atom. The second-order valence-corrected chi connectivity index (χ2v) is 7.10. The minimum absolute atomic E-state index is 0.0471. The molecule has 1 N–H and O–H groups in total. The number of carbonyl (C=O) groups is 1. The van der Waals surface area contributed by atoms with Crippen LogP contribution in [0.15, 0.2) is 30.0 Å². The number of ketones is 1. The number of aromatic nitrogens is 1. The van der Waals surface area contributed by atoms with E-state index in [1.165, 1.54) is 0 Å². The average Bonchev–Trinajstić information content (AvgIpc) is 2.62. The first-order chi connectivity index (χ1) is 12.7. The maximum Gasteiger partial charge on any atom is 0.172 e. The highest BCUT2D eigenvalue weighted by molar-refractivity contribution is 6.31. The molecule has 0 spiro atoms. The highest BCUT2D eigenvalue weighted by Crippen LogP contribution is 2.28. The maximum atomic E-state index is 12.4. The molecule has 0 amide bonds. The van der Waals surface area contributed by atoms with Crippen molar-refractivity contribution in [3.8, 4) is 0 Å². The van der Waals surface area contributed by atoms with Crippen LogP contribution in [0.3, 0.4) is 0 Å². The molecule has 1 heterocycles. The van der Waals surface area contributed by atoms with Crippen LogP contribution in [0.2, 0.25) is 5.02 Å². The summed E-state index contributed by atoms with van der Waals surface area (Å²) in [5.74, 6) is 0.738. The lowest BCUT2D eigenvalue weighted by Crippen LogP contribution is -2.12. The van der Waals surface area contributed by atoms with Crippen molar-refractivity contribution in [3.63, 3.8) is 0 Å². The van der Waals surface area contributed by atoms with E-state index in [0.717, 1.165) is 49.4 Å². The van der Waals surface area contributed by atoms with E-state index < -0.39 is 0 Å². The van der Waals surface area contributed by atoms with Crippen molar-refractivity contribution < 1.29 is 14.6 Å². The molecule has 0 fully saturated rings. The number of aliphatic hydroxyl groups is 1. The van der Waals surface area contributed by atoms with Crippen molar-refractivity contribution in [2.75, 3.05) is 13.2 Å². The summed E-state index contributed by atoms with van der Waals surface area (Å²) < 4.78 is 5.81. The number of carbonyl (C=O) groups excluding carboxylic acids is 1. The highest BCUT2D eigenvalue weighted by atomic mass is 35.5. The van der Waals surface area contributed by atoms with Gasteiger partial charge in [0.1, 0.15) is 5.76 Å². The van der Waals surface area contributed by atoms with Crippen LogP contribution < -0.4 is 0 Å². The lowest BCUT2D eigenvalue weighted by molar-refractivity contribution is 0.0957. The van der Waals surface area contributed by atoms with Crippen molar-refractivity contribution in [2.24, 2.45) is 0 Å². The van der Waals surface area contributed by atoms with Crippen LogP contribution in [0.5, 0.6) is 0 Å². The van der Waals surface area contributed by atoms with Gasteiger partial charge in [0, 0.05) is 28.7 Å². The normalized spacial score (nSPS) is 13.6. The molecule has 138 valence electrons. The van der Waals surface area contributed by atoms with E-state index in [1.54, 1.807) is 12.1 Å². The van der Waals surface area contributed by atoms with Crippen LogP contribution >= 0.6 is 11.6 Å². The standard InChI is InChI=1S/C21H24ClNO3/c22-16-8-7-15-11-18-20(23-19(15)12-16)13-17(14-21(18)25)26-10-6-4-2-1-3-5-9-24/h7-8,11-13,24H,1-6,9-10,14H2. The fourth-order valence-electron chi connectivity index (χ4n) is 3.16. The van der Waals surface area contributed by atoms with E-state index in [9.17, 15) is 4.79 Å². The molecule has 0 radical (unpaired) electrons. The van der Waals surface area contributed by atoms with Gasteiger partial charge in [-0.05, 0) is 31.0 Å². The number of pyridine rings is 1. The van der Waals surface area contributed by atoms with Crippen molar-refractivity contribution in [1.29, 1.82) is 0 Å². The molecule has 0 saturated carbocycles. The number of Topliss-reactive ketones (excluding diaryl/α,β-unsaturated/α-hetero) is 1. The van der Waals surface area contributed by atoms with E-state index in [2.05, 4.69) is 4.98 Å². The second kappa shape index (κ2) is 9.15. The van der Waals surface area contributed by atoms with Gasteiger partial charge in [-0.2, -0.15) is 0 Å². The minimum Gasteiger partial charge on any atom is -0.497 e. The Bertz CT molecular complexity index is 816. The van der Waals surface area contributed by atoms with Gasteiger partial charge < -0.3 is 9.84 Å². The number of nitrogens with zero attached hydrogens (tertiary/aromatic N) is 1. The first-order valence-electron chi connectivity index (χ1n) is 9.25. The maximum absolute atomic E-state index is 12.4. The Morgan fingerprint density at radius 2 is 1.85 bits per heavy atom. The number of hydrogen-bond donors (Lipinski definition) is 1. The SMILES string of the molecule is O=C1CC(OCCCCCCCCO)=Cc2nc3cc(Cl)ccc3cc21. The molecule has 1 aromatic carbocycles. The number of unbranched alkanes of at least 4 members (excludes halogenated alkanes) is 5. The summed E-state index contributed by atoms with van der Waals surface area (Å²) in [4.78, 5) is 17.0. The number of fused-ring (bicyclic) bond motifs is 2. The summed E-state index contributed by atoms with van der Waals surface area (Å²) in [6.45, 7) is 0.899. The van der Waals surface area contributed by atoms with Crippen molar-refractivity contribution >= 4 is 34.4 Å². The van der Waals surface area contributed by atoms with Gasteiger partial charge >= 0.3 is 0 Å². The predicted octanol–water partition coefficient (Wildman–Crippen LogP) is 5.17. The van der Waals surface area contributed by atoms with Gasteiger partial charge in [-0.25, -0.2) is 4.98 Å². The molecule has 26 heavy (non-hydrogen) atoms. The Hall–Kier alpha value is -1.91. The van der Waals surface area contributed by atoms with E-state index in [-0.39, 0.29) is 12.4 Å². The van der Waals surface area contributed by atoms with Crippen LogP contribution in [0.1, 0.15) is 61.0 Å². The Labute approximate surface area is 158 Å². The summed E-state index contributed by atoms with van der Waals surface area (Å²) >= 11 is 6.04. The smallest absolute Gasteiger partial charge is 0.172 e. The molecule has 2 aromatic rings. The molecule has 0 saturated heterocycles. The summed E-state index contributed by atoms with van der Waals surface area (Å²) in [7, 11) is 0. The third-order valence-electron chi connectivity index (χ3n) is 4.58. The number of halogens is 1. The molecular formula is C21H24ClNO3. The molecule has 0 unspecified atom stereocenters. The van der Waals surface area contributed by atoms with E-state index in [4.69, 9.17) is 21.4 Å². The predicted molar refractivity (Wildman–Crippen MR) is 104 cm³/mol. The van der Waals surface area contributed by atoms with Gasteiger partial charge in [0.15, 0.2) is 5.78 Å². The van der Waals surface area contributed by atoms with Crippen LogP contribution in [0.25, 0.3) is 17.0 Å². The average molecular weight is 374 g/mol. The molecule has 1 aliphatic carbocycles. The summed E-state index contributed by atoms with van der Waals surface area (Å²) in [5.41, 5.74) is 2.09. The van der Waals surface area contributed by atoms with Gasteiger partial charge in [0.2, 0.25) is 0 Å². The lowest BCUT2D eigenvalue weighted by atomic mass is 9.97. The topological polar surface area (TPSA) is 59.4 Å². The molecule has 4 nitrogen and oxygen atoms in total. The van der Waals surface area contributed by atoms with Crippen molar-refractivity contribution in [3.05, 3.63) is 46.3 Å². The number of rotatable bonds is 9. The largest absolute Gasteiger partial charge is 0.497 e. The number of ether oxygens (including phenoxy) is 1. The third kappa shape index (κ3) is 4.83. The molecule has 1 aromatic heterocycles. The first-order valence-corrected chi connectivity index (χ1v) is 9.63. The van der Waals surface area contributed by atoms with Gasteiger partial charge in [-0.15, -0.1) is 0 Å². The van der Waals surface area contributed by atoms with Crippen LogP contribution in [-0.4, -0.2) is 29.1 Å². The molecule has 3 rings (SSSR count). The zero-order valence-electron chi connectivity index (χ0n) is 14.8. The fraction of sp³-hybridized carbons (Fsp3) is 0.429. The van der Waals surface area contributed by atoms with Gasteiger partial charge in [-0.3, -0.25) is 4.79 Å². The zero-order valence-corrected chi connectivity index (χ0v) is 15.6. The lowest BCUT2D eigenvalue weighted by Gasteiger charge is -2.16. The molecular weight excluding hydrogens is 350 g/mol. The Morgan fingerprint density at radius 1 is 1.08 bits per heavy atom. The van der Waals surface area contributed by atoms with Crippen LogP contribution in [0.4, 0.5) is 0 Å². The Balaban J connectivity index is 1.58. The van der Waals surface area contributed by atoms with Crippen molar-refractivity contribution in [2.45, 2.75) is 44.9 Å². The number of hydrogen-bond acceptors (Lipinski definition) is 4. The summed E-state index contributed by atoms with van der Waals surface area (Å²) in [5, 5.41) is 10.3. The molecule has 1 aliphatic rings. The van der Waals surface area contributed by atoms with Gasteiger partial charge in [-0.1, -0.05) is 43.4 Å².